The van der Waals surface area contributed by atoms with Crippen LogP contribution in [-0.2, 0) is 20.0 Å². The molecule has 2 heterocycles. The Hall–Kier alpha value is -1.56. The molecule has 104 valence electrons. The fourth-order valence-corrected chi connectivity index (χ4v) is 2.75. The number of nitrogen functional groups attached to an aromatic ring is 1. The number of nitrogens with two attached hydrogens (primary N) is 1. The van der Waals surface area contributed by atoms with E-state index in [-0.39, 0.29) is 0 Å². The number of thiazole rings is 1. The van der Waals surface area contributed by atoms with E-state index >= 15 is 0 Å². The van der Waals surface area contributed by atoms with Crippen LogP contribution in [0, 0.1) is 0 Å². The normalized spacial score (nSPS) is 11.2. The lowest BCUT2D eigenvalue weighted by molar-refractivity contribution is 0.715. The third-order valence-electron chi connectivity index (χ3n) is 3.02. The van der Waals surface area contributed by atoms with Gasteiger partial charge in [-0.25, -0.2) is 4.98 Å². The molecule has 0 aromatic carbocycles. The molecule has 3 N–H and O–H groups in total. The molecule has 0 amide bonds. The molecular weight excluding hydrogens is 258 g/mol. The lowest BCUT2D eigenvalue weighted by Gasteiger charge is -2.06. The van der Waals surface area contributed by atoms with E-state index in [0.717, 1.165) is 28.6 Å². The van der Waals surface area contributed by atoms with Crippen LogP contribution in [0.2, 0.25) is 0 Å². The van der Waals surface area contributed by atoms with Crippen molar-refractivity contribution >= 4 is 22.8 Å². The van der Waals surface area contributed by atoms with Gasteiger partial charge in [-0.05, 0) is 12.3 Å². The molecule has 0 bridgehead atoms. The van der Waals surface area contributed by atoms with E-state index in [1.165, 1.54) is 4.88 Å². The highest BCUT2D eigenvalue weighted by Crippen LogP contribution is 2.28. The van der Waals surface area contributed by atoms with Crippen molar-refractivity contribution in [2.24, 2.45) is 7.05 Å². The van der Waals surface area contributed by atoms with Gasteiger partial charge in [0.25, 0.3) is 0 Å². The van der Waals surface area contributed by atoms with Crippen molar-refractivity contribution in [1.82, 2.24) is 14.8 Å². The maximum atomic E-state index is 6.14. The molecule has 0 aliphatic heterocycles. The van der Waals surface area contributed by atoms with Crippen molar-refractivity contribution in [3.63, 3.8) is 0 Å². The Morgan fingerprint density at radius 1 is 1.47 bits per heavy atom. The maximum Gasteiger partial charge on any atom is 0.148 e. The molecule has 0 spiro atoms. The number of hydrogen-bond acceptors (Lipinski definition) is 5. The third kappa shape index (κ3) is 2.89. The monoisotopic (exact) mass is 279 g/mol. The zero-order valence-corrected chi connectivity index (χ0v) is 12.7. The number of nitrogens with zero attached hydrogens (tertiary/aromatic N) is 3. The summed E-state index contributed by atoms with van der Waals surface area (Å²) < 4.78 is 1.80. The number of anilines is 2. The zero-order chi connectivity index (χ0) is 14.0. The van der Waals surface area contributed by atoms with Crippen molar-refractivity contribution in [2.45, 2.75) is 39.7 Å². The summed E-state index contributed by atoms with van der Waals surface area (Å²) in [6, 6.07) is 0. The summed E-state index contributed by atoms with van der Waals surface area (Å²) in [6.07, 6.45) is 2.97. The lowest BCUT2D eigenvalue weighted by atomic mass is 10.1. The Balaban J connectivity index is 2.11. The minimum absolute atomic E-state index is 0.327. The highest BCUT2D eigenvalue weighted by atomic mass is 32.1. The highest BCUT2D eigenvalue weighted by Gasteiger charge is 2.15. The fourth-order valence-electron chi connectivity index (χ4n) is 1.95. The van der Waals surface area contributed by atoms with Crippen LogP contribution in [0.4, 0.5) is 11.5 Å². The van der Waals surface area contributed by atoms with E-state index in [0.29, 0.717) is 12.5 Å². The molecule has 0 saturated carbocycles. The number of hydrogen-bond donors (Lipinski definition) is 2. The minimum atomic E-state index is 0.327. The number of aromatic nitrogens is 3. The first-order valence-corrected chi connectivity index (χ1v) is 7.34. The summed E-state index contributed by atoms with van der Waals surface area (Å²) in [7, 11) is 1.91. The van der Waals surface area contributed by atoms with Gasteiger partial charge in [0, 0.05) is 18.1 Å². The zero-order valence-electron chi connectivity index (χ0n) is 11.9. The predicted molar refractivity (Wildman–Crippen MR) is 80.5 cm³/mol. The van der Waals surface area contributed by atoms with Crippen LogP contribution in [0.3, 0.4) is 0 Å². The fraction of sp³-hybridized carbons (Fsp3) is 0.538. The standard InChI is InChI=1S/C13H21N5S/c1-5-9-6-15-10(19-9)7-16-13-11(14)12(8(2)3)17-18(13)4/h6,8,16H,5,7,14H2,1-4H3. The van der Waals surface area contributed by atoms with E-state index in [9.17, 15) is 0 Å². The second-order valence-electron chi connectivity index (χ2n) is 4.85. The average Bonchev–Trinajstić information content (AvgIpc) is 2.93. The van der Waals surface area contributed by atoms with Crippen molar-refractivity contribution < 1.29 is 0 Å². The Labute approximate surface area is 117 Å². The Bertz CT molecular complexity index is 555. The topological polar surface area (TPSA) is 68.8 Å². The number of rotatable bonds is 5. The summed E-state index contributed by atoms with van der Waals surface area (Å²) in [6.45, 7) is 7.01. The molecule has 6 heteroatoms. The minimum Gasteiger partial charge on any atom is -0.394 e. The molecule has 2 aromatic heterocycles. The third-order valence-corrected chi connectivity index (χ3v) is 4.16. The maximum absolute atomic E-state index is 6.14. The SMILES string of the molecule is CCc1cnc(CNc2c(N)c(C(C)C)nn2C)s1. The molecule has 0 atom stereocenters. The number of aryl methyl sites for hydroxylation is 2. The van der Waals surface area contributed by atoms with Gasteiger partial charge in [-0.2, -0.15) is 5.10 Å². The molecule has 2 aromatic rings. The van der Waals surface area contributed by atoms with E-state index in [2.05, 4.69) is 36.2 Å². The Morgan fingerprint density at radius 2 is 2.21 bits per heavy atom. The summed E-state index contributed by atoms with van der Waals surface area (Å²) in [4.78, 5) is 5.69. The summed E-state index contributed by atoms with van der Waals surface area (Å²) in [5, 5.41) is 8.86. The average molecular weight is 279 g/mol. The molecule has 2 rings (SSSR count). The van der Waals surface area contributed by atoms with E-state index in [1.807, 2.05) is 13.2 Å². The molecule has 0 saturated heterocycles. The van der Waals surface area contributed by atoms with E-state index < -0.39 is 0 Å². The van der Waals surface area contributed by atoms with Crippen LogP contribution < -0.4 is 11.1 Å². The van der Waals surface area contributed by atoms with Crippen LogP contribution in [0.15, 0.2) is 6.20 Å². The molecule has 5 nitrogen and oxygen atoms in total. The van der Waals surface area contributed by atoms with Gasteiger partial charge in [0.2, 0.25) is 0 Å². The van der Waals surface area contributed by atoms with Gasteiger partial charge in [-0.3, -0.25) is 4.68 Å². The smallest absolute Gasteiger partial charge is 0.148 e. The molecule has 0 radical (unpaired) electrons. The first kappa shape index (κ1) is 13.9. The van der Waals surface area contributed by atoms with Crippen molar-refractivity contribution in [3.05, 3.63) is 21.8 Å². The van der Waals surface area contributed by atoms with Crippen molar-refractivity contribution in [2.75, 3.05) is 11.1 Å². The molecule has 19 heavy (non-hydrogen) atoms. The van der Waals surface area contributed by atoms with E-state index in [1.54, 1.807) is 16.0 Å². The van der Waals surface area contributed by atoms with Gasteiger partial charge in [0.05, 0.1) is 17.9 Å². The van der Waals surface area contributed by atoms with Gasteiger partial charge in [0.1, 0.15) is 10.8 Å². The van der Waals surface area contributed by atoms with E-state index in [4.69, 9.17) is 5.73 Å². The molecule has 0 fully saturated rings. The molecule has 0 aliphatic rings. The molecule has 0 aliphatic carbocycles. The van der Waals surface area contributed by atoms with Crippen molar-refractivity contribution in [3.8, 4) is 0 Å². The Kier molecular flexibility index (Phi) is 4.09. The number of nitrogens with one attached hydrogen (secondary N) is 1. The summed E-state index contributed by atoms with van der Waals surface area (Å²) in [5.41, 5.74) is 7.82. The molecular formula is C13H21N5S. The largest absolute Gasteiger partial charge is 0.394 e. The van der Waals surface area contributed by atoms with Gasteiger partial charge in [-0.1, -0.05) is 20.8 Å². The quantitative estimate of drug-likeness (QED) is 0.883. The highest BCUT2D eigenvalue weighted by molar-refractivity contribution is 7.11. The van der Waals surface area contributed by atoms with Crippen LogP contribution in [0.1, 0.15) is 42.3 Å². The van der Waals surface area contributed by atoms with Gasteiger partial charge < -0.3 is 11.1 Å². The first-order chi connectivity index (χ1) is 9.02. The molecule has 0 unspecified atom stereocenters. The lowest BCUT2D eigenvalue weighted by Crippen LogP contribution is -2.06. The van der Waals surface area contributed by atoms with Gasteiger partial charge in [-0.15, -0.1) is 11.3 Å². The van der Waals surface area contributed by atoms with Crippen LogP contribution in [-0.4, -0.2) is 14.8 Å². The summed E-state index contributed by atoms with van der Waals surface area (Å²) >= 11 is 1.73. The van der Waals surface area contributed by atoms with Crippen molar-refractivity contribution in [1.29, 1.82) is 0 Å². The van der Waals surface area contributed by atoms with Gasteiger partial charge >= 0.3 is 0 Å². The van der Waals surface area contributed by atoms with Gasteiger partial charge in [0.15, 0.2) is 0 Å². The predicted octanol–water partition coefficient (Wildman–Crippen LogP) is 2.76. The second kappa shape index (κ2) is 5.61. The van der Waals surface area contributed by atoms with Crippen LogP contribution >= 0.6 is 11.3 Å². The Morgan fingerprint density at radius 3 is 2.74 bits per heavy atom. The second-order valence-corrected chi connectivity index (χ2v) is 6.05. The van der Waals surface area contributed by atoms with Crippen LogP contribution in [0.5, 0.6) is 0 Å². The van der Waals surface area contributed by atoms with Crippen LogP contribution in [0.25, 0.3) is 0 Å². The summed E-state index contributed by atoms with van der Waals surface area (Å²) in [5.74, 6) is 1.20. The first-order valence-electron chi connectivity index (χ1n) is 6.52.